The number of ether oxygens (including phenoxy) is 2. The molecule has 0 aliphatic carbocycles. The molecule has 2 aliphatic heterocycles. The number of amidine groups is 1. The highest BCUT2D eigenvalue weighted by Gasteiger charge is 2.28. The summed E-state index contributed by atoms with van der Waals surface area (Å²) >= 11 is 1.38. The van der Waals surface area contributed by atoms with Gasteiger partial charge in [0, 0.05) is 32.7 Å². The summed E-state index contributed by atoms with van der Waals surface area (Å²) in [6.45, 7) is 4.45. The quantitative estimate of drug-likeness (QED) is 0.717. The summed E-state index contributed by atoms with van der Waals surface area (Å²) in [6.07, 6.45) is 1.75. The van der Waals surface area contributed by atoms with Gasteiger partial charge < -0.3 is 19.5 Å². The summed E-state index contributed by atoms with van der Waals surface area (Å²) in [4.78, 5) is 21.9. The largest absolute Gasteiger partial charge is 0.502 e. The number of methoxy groups -OCH3 is 2. The van der Waals surface area contributed by atoms with Crippen LogP contribution in [-0.4, -0.2) is 66.4 Å². The highest BCUT2D eigenvalue weighted by Crippen LogP contribution is 2.39. The van der Waals surface area contributed by atoms with Gasteiger partial charge in [-0.3, -0.25) is 9.69 Å². The van der Waals surface area contributed by atoms with Gasteiger partial charge >= 0.3 is 0 Å². The highest BCUT2D eigenvalue weighted by atomic mass is 32.2. The lowest BCUT2D eigenvalue weighted by Gasteiger charge is -2.35. The van der Waals surface area contributed by atoms with Crippen molar-refractivity contribution >= 4 is 28.9 Å². The number of piperazine rings is 1. The van der Waals surface area contributed by atoms with Crippen molar-refractivity contribution in [1.29, 1.82) is 0 Å². The van der Waals surface area contributed by atoms with E-state index in [9.17, 15) is 9.90 Å². The molecule has 2 aromatic carbocycles. The summed E-state index contributed by atoms with van der Waals surface area (Å²) in [6, 6.07) is 13.8. The predicted octanol–water partition coefficient (Wildman–Crippen LogP) is 3.20. The van der Waals surface area contributed by atoms with Gasteiger partial charge in [-0.2, -0.15) is 4.99 Å². The van der Waals surface area contributed by atoms with E-state index in [0.717, 1.165) is 37.9 Å². The van der Waals surface area contributed by atoms with Gasteiger partial charge in [-0.25, -0.2) is 0 Å². The van der Waals surface area contributed by atoms with Crippen molar-refractivity contribution in [3.05, 3.63) is 58.5 Å². The van der Waals surface area contributed by atoms with Crippen molar-refractivity contribution in [3.8, 4) is 17.2 Å². The molecule has 1 saturated heterocycles. The van der Waals surface area contributed by atoms with Crippen LogP contribution in [0.25, 0.3) is 6.08 Å². The van der Waals surface area contributed by atoms with Crippen LogP contribution in [0.15, 0.2) is 52.4 Å². The van der Waals surface area contributed by atoms with Crippen LogP contribution in [0.1, 0.15) is 11.1 Å². The first kappa shape index (κ1) is 21.3. The molecule has 1 fully saturated rings. The molecule has 2 aliphatic rings. The molecular formula is C23H25N3O4S. The average molecular weight is 440 g/mol. The number of rotatable bonds is 5. The molecule has 4 rings (SSSR count). The van der Waals surface area contributed by atoms with Crippen molar-refractivity contribution in [2.75, 3.05) is 40.4 Å². The Morgan fingerprint density at radius 3 is 2.32 bits per heavy atom. The molecule has 2 heterocycles. The van der Waals surface area contributed by atoms with Crippen molar-refractivity contribution < 1.29 is 19.4 Å². The van der Waals surface area contributed by atoms with Crippen molar-refractivity contribution in [1.82, 2.24) is 9.80 Å². The van der Waals surface area contributed by atoms with E-state index in [1.807, 2.05) is 6.07 Å². The van der Waals surface area contributed by atoms with Crippen LogP contribution in [-0.2, 0) is 11.3 Å². The Hall–Kier alpha value is -2.97. The Morgan fingerprint density at radius 1 is 1.06 bits per heavy atom. The van der Waals surface area contributed by atoms with E-state index in [4.69, 9.17) is 9.47 Å². The van der Waals surface area contributed by atoms with Crippen LogP contribution in [0.5, 0.6) is 17.2 Å². The molecule has 2 aromatic rings. The second kappa shape index (κ2) is 9.45. The minimum Gasteiger partial charge on any atom is -0.502 e. The third-order valence-corrected chi connectivity index (χ3v) is 6.35. The summed E-state index contributed by atoms with van der Waals surface area (Å²) in [7, 11) is 2.94. The van der Waals surface area contributed by atoms with Crippen molar-refractivity contribution in [3.63, 3.8) is 0 Å². The monoisotopic (exact) mass is 439 g/mol. The van der Waals surface area contributed by atoms with Gasteiger partial charge in [0.15, 0.2) is 16.7 Å². The molecule has 8 heteroatoms. The fourth-order valence-electron chi connectivity index (χ4n) is 3.62. The third kappa shape index (κ3) is 4.86. The first-order valence-electron chi connectivity index (χ1n) is 10.1. The number of carbonyl (C=O) groups is 1. The Kier molecular flexibility index (Phi) is 6.48. The Morgan fingerprint density at radius 2 is 1.71 bits per heavy atom. The van der Waals surface area contributed by atoms with Gasteiger partial charge in [-0.15, -0.1) is 0 Å². The van der Waals surface area contributed by atoms with E-state index in [2.05, 4.69) is 39.1 Å². The summed E-state index contributed by atoms with van der Waals surface area (Å²) in [5.41, 5.74) is 2.01. The smallest absolute Gasteiger partial charge is 0.286 e. The first-order valence-corrected chi connectivity index (χ1v) is 10.9. The summed E-state index contributed by atoms with van der Waals surface area (Å²) < 4.78 is 10.4. The van der Waals surface area contributed by atoms with Crippen LogP contribution < -0.4 is 9.47 Å². The lowest BCUT2D eigenvalue weighted by atomic mass is 10.1. The lowest BCUT2D eigenvalue weighted by Crippen LogP contribution is -2.47. The number of phenols is 1. The second-order valence-electron chi connectivity index (χ2n) is 7.33. The number of phenolic OH excluding ortho intramolecular Hbond substituents is 1. The normalized spacial score (nSPS) is 18.4. The SMILES string of the molecule is COc1cc(/C=C2/SC(N3CCN(Cc4ccccc4)CC3)=NC2=O)cc(OC)c1O. The fourth-order valence-corrected chi connectivity index (χ4v) is 4.59. The van der Waals surface area contributed by atoms with E-state index in [1.165, 1.54) is 31.5 Å². The van der Waals surface area contributed by atoms with Gasteiger partial charge in [-0.05, 0) is 41.1 Å². The molecule has 0 aromatic heterocycles. The maximum Gasteiger partial charge on any atom is 0.286 e. The molecule has 0 radical (unpaired) electrons. The maximum atomic E-state index is 12.5. The van der Waals surface area contributed by atoms with Crippen LogP contribution in [0.3, 0.4) is 0 Å². The molecule has 7 nitrogen and oxygen atoms in total. The Balaban J connectivity index is 1.40. The van der Waals surface area contributed by atoms with E-state index in [0.29, 0.717) is 10.5 Å². The maximum absolute atomic E-state index is 12.5. The van der Waals surface area contributed by atoms with Crippen LogP contribution in [0, 0.1) is 0 Å². The van der Waals surface area contributed by atoms with E-state index in [-0.39, 0.29) is 23.2 Å². The van der Waals surface area contributed by atoms with E-state index < -0.39 is 0 Å². The van der Waals surface area contributed by atoms with Crippen LogP contribution in [0.2, 0.25) is 0 Å². The summed E-state index contributed by atoms with van der Waals surface area (Å²) in [5, 5.41) is 10.8. The highest BCUT2D eigenvalue weighted by molar-refractivity contribution is 8.18. The average Bonchev–Trinajstić information content (AvgIpc) is 3.16. The number of benzene rings is 2. The third-order valence-electron chi connectivity index (χ3n) is 5.30. The topological polar surface area (TPSA) is 74.6 Å². The molecule has 0 bridgehead atoms. The van der Waals surface area contributed by atoms with Crippen LogP contribution in [0.4, 0.5) is 0 Å². The van der Waals surface area contributed by atoms with Crippen molar-refractivity contribution in [2.24, 2.45) is 4.99 Å². The molecule has 162 valence electrons. The van der Waals surface area contributed by atoms with Crippen molar-refractivity contribution in [2.45, 2.75) is 6.54 Å². The summed E-state index contributed by atoms with van der Waals surface area (Å²) in [5.74, 6) is 0.259. The number of aromatic hydroxyl groups is 1. The number of thioether (sulfide) groups is 1. The standard InChI is InChI=1S/C23H25N3O4S/c1-29-18-12-17(13-19(30-2)21(18)27)14-20-22(28)24-23(31-20)26-10-8-25(9-11-26)15-16-6-4-3-5-7-16/h3-7,12-14,27H,8-11,15H2,1-2H3/b20-14+. The van der Waals surface area contributed by atoms with Gasteiger partial charge in [-0.1, -0.05) is 30.3 Å². The number of hydrogen-bond acceptors (Lipinski definition) is 7. The molecule has 1 amide bonds. The van der Waals surface area contributed by atoms with E-state index in [1.54, 1.807) is 18.2 Å². The molecule has 0 unspecified atom stereocenters. The number of nitrogens with zero attached hydrogens (tertiary/aromatic N) is 3. The molecule has 0 spiro atoms. The minimum absolute atomic E-state index is 0.0668. The fraction of sp³-hybridized carbons (Fsp3) is 0.304. The van der Waals surface area contributed by atoms with Gasteiger partial charge in [0.25, 0.3) is 5.91 Å². The lowest BCUT2D eigenvalue weighted by molar-refractivity contribution is -0.113. The zero-order valence-electron chi connectivity index (χ0n) is 17.6. The molecule has 1 N–H and O–H groups in total. The number of carbonyl (C=O) groups excluding carboxylic acids is 1. The van der Waals surface area contributed by atoms with Gasteiger partial charge in [0.05, 0.1) is 19.1 Å². The molecule has 31 heavy (non-hydrogen) atoms. The molecular weight excluding hydrogens is 414 g/mol. The van der Waals surface area contributed by atoms with E-state index >= 15 is 0 Å². The second-order valence-corrected chi connectivity index (χ2v) is 8.34. The molecule has 0 atom stereocenters. The zero-order chi connectivity index (χ0) is 21.8. The number of aliphatic imine (C=N–C) groups is 1. The predicted molar refractivity (Wildman–Crippen MR) is 123 cm³/mol. The first-order chi connectivity index (χ1) is 15.1. The Bertz CT molecular complexity index is 990. The number of amides is 1. The molecule has 0 saturated carbocycles. The number of hydrogen-bond donors (Lipinski definition) is 1. The van der Waals surface area contributed by atoms with Gasteiger partial charge in [0.2, 0.25) is 5.75 Å². The van der Waals surface area contributed by atoms with Gasteiger partial charge in [0.1, 0.15) is 0 Å². The Labute approximate surface area is 186 Å². The minimum atomic E-state index is -0.252. The zero-order valence-corrected chi connectivity index (χ0v) is 18.4. The van der Waals surface area contributed by atoms with Crippen LogP contribution >= 0.6 is 11.8 Å².